The molecule has 0 amide bonds. The first-order chi connectivity index (χ1) is 5.75. The van der Waals surface area contributed by atoms with Crippen molar-refractivity contribution < 1.29 is 4.79 Å². The van der Waals surface area contributed by atoms with E-state index in [0.29, 0.717) is 12.3 Å². The molecular weight excluding hydrogens is 192 g/mol. The highest BCUT2D eigenvalue weighted by molar-refractivity contribution is 7.10. The van der Waals surface area contributed by atoms with Crippen molar-refractivity contribution >= 4 is 28.7 Å². The second kappa shape index (κ2) is 4.63. The molecule has 0 fully saturated rings. The van der Waals surface area contributed by atoms with Crippen molar-refractivity contribution in [2.24, 2.45) is 0 Å². The van der Waals surface area contributed by atoms with Crippen molar-refractivity contribution in [3.05, 3.63) is 21.9 Å². The molecule has 0 aliphatic heterocycles. The second-order valence-corrected chi connectivity index (χ2v) is 4.10. The average molecular weight is 203 g/mol. The first-order valence-electron chi connectivity index (χ1n) is 3.89. The fraction of sp³-hybridized carbons (Fsp3) is 0.444. The summed E-state index contributed by atoms with van der Waals surface area (Å²) in [4.78, 5) is 12.5. The third-order valence-electron chi connectivity index (χ3n) is 1.70. The minimum Gasteiger partial charge on any atom is -0.294 e. The number of Topliss-reactive ketones (excluding diaryl/α,β-unsaturated/α-hetero) is 1. The average Bonchev–Trinajstić information content (AvgIpc) is 2.47. The lowest BCUT2D eigenvalue weighted by atomic mass is 10.1. The molecule has 12 heavy (non-hydrogen) atoms. The Labute approximate surface area is 81.4 Å². The molecule has 0 aliphatic carbocycles. The van der Waals surface area contributed by atoms with Crippen molar-refractivity contribution in [3.8, 4) is 0 Å². The number of hydrogen-bond acceptors (Lipinski definition) is 2. The van der Waals surface area contributed by atoms with Crippen LogP contribution in [-0.2, 0) is 0 Å². The van der Waals surface area contributed by atoms with Crippen LogP contribution in [0.15, 0.2) is 11.4 Å². The summed E-state index contributed by atoms with van der Waals surface area (Å²) in [5.74, 6) is 0.781. The summed E-state index contributed by atoms with van der Waals surface area (Å²) in [6.45, 7) is 1.97. The number of carbonyl (C=O) groups is 1. The van der Waals surface area contributed by atoms with Crippen LogP contribution in [0.2, 0.25) is 0 Å². The highest BCUT2D eigenvalue weighted by Gasteiger charge is 2.08. The first-order valence-corrected chi connectivity index (χ1v) is 5.30. The summed E-state index contributed by atoms with van der Waals surface area (Å²) in [5.41, 5.74) is 0.866. The molecule has 3 heteroatoms. The summed E-state index contributed by atoms with van der Waals surface area (Å²) in [5, 5.41) is 1.95. The SMILES string of the molecule is Cc1sccc1C(=O)CCCCl. The molecule has 0 aromatic carbocycles. The van der Waals surface area contributed by atoms with E-state index in [0.717, 1.165) is 16.9 Å². The maximum atomic E-state index is 11.4. The molecule has 0 aliphatic rings. The Morgan fingerprint density at radius 3 is 2.92 bits per heavy atom. The maximum absolute atomic E-state index is 11.4. The van der Waals surface area contributed by atoms with Gasteiger partial charge in [0.15, 0.2) is 5.78 Å². The number of carbonyl (C=O) groups excluding carboxylic acids is 1. The van der Waals surface area contributed by atoms with E-state index in [1.165, 1.54) is 0 Å². The van der Waals surface area contributed by atoms with Crippen molar-refractivity contribution in [2.45, 2.75) is 19.8 Å². The third-order valence-corrected chi connectivity index (χ3v) is 2.81. The van der Waals surface area contributed by atoms with Crippen LogP contribution in [0.5, 0.6) is 0 Å². The zero-order valence-corrected chi connectivity index (χ0v) is 8.54. The minimum absolute atomic E-state index is 0.217. The van der Waals surface area contributed by atoms with Gasteiger partial charge in [0.1, 0.15) is 0 Å². The van der Waals surface area contributed by atoms with E-state index in [9.17, 15) is 4.79 Å². The van der Waals surface area contributed by atoms with Gasteiger partial charge in [-0.2, -0.15) is 0 Å². The van der Waals surface area contributed by atoms with Crippen LogP contribution in [0.25, 0.3) is 0 Å². The molecule has 66 valence electrons. The van der Waals surface area contributed by atoms with E-state index in [2.05, 4.69) is 0 Å². The van der Waals surface area contributed by atoms with E-state index in [1.807, 2.05) is 18.4 Å². The van der Waals surface area contributed by atoms with Gasteiger partial charge >= 0.3 is 0 Å². The predicted molar refractivity (Wildman–Crippen MR) is 53.3 cm³/mol. The van der Waals surface area contributed by atoms with E-state index in [4.69, 9.17) is 11.6 Å². The molecule has 0 N–H and O–H groups in total. The van der Waals surface area contributed by atoms with Crippen LogP contribution in [0.3, 0.4) is 0 Å². The topological polar surface area (TPSA) is 17.1 Å². The Kier molecular flexibility index (Phi) is 3.76. The molecule has 0 atom stereocenters. The Bertz CT molecular complexity index is 267. The Morgan fingerprint density at radius 1 is 1.67 bits per heavy atom. The molecule has 1 nitrogen and oxygen atoms in total. The van der Waals surface area contributed by atoms with Crippen LogP contribution >= 0.6 is 22.9 Å². The van der Waals surface area contributed by atoms with Crippen molar-refractivity contribution in [1.29, 1.82) is 0 Å². The highest BCUT2D eigenvalue weighted by atomic mass is 35.5. The second-order valence-electron chi connectivity index (χ2n) is 2.61. The maximum Gasteiger partial charge on any atom is 0.164 e. The summed E-state index contributed by atoms with van der Waals surface area (Å²) in [6.07, 6.45) is 1.34. The predicted octanol–water partition coefficient (Wildman–Crippen LogP) is 3.26. The van der Waals surface area contributed by atoms with Crippen LogP contribution in [0, 0.1) is 6.92 Å². The molecular formula is C9H11ClOS. The van der Waals surface area contributed by atoms with Gasteiger partial charge in [-0.1, -0.05) is 0 Å². The first kappa shape index (κ1) is 9.75. The highest BCUT2D eigenvalue weighted by Crippen LogP contribution is 2.17. The van der Waals surface area contributed by atoms with Gasteiger partial charge in [-0.05, 0) is 24.8 Å². The summed E-state index contributed by atoms with van der Waals surface area (Å²) < 4.78 is 0. The van der Waals surface area contributed by atoms with Gasteiger partial charge in [-0.25, -0.2) is 0 Å². The van der Waals surface area contributed by atoms with Crippen LogP contribution < -0.4 is 0 Å². The number of halogens is 1. The fourth-order valence-electron chi connectivity index (χ4n) is 1.04. The summed E-state index contributed by atoms with van der Waals surface area (Å²) in [6, 6.07) is 1.89. The van der Waals surface area contributed by atoms with Gasteiger partial charge in [0, 0.05) is 22.7 Å². The van der Waals surface area contributed by atoms with Gasteiger partial charge in [0.2, 0.25) is 0 Å². The zero-order valence-electron chi connectivity index (χ0n) is 6.97. The number of rotatable bonds is 4. The molecule has 1 aromatic heterocycles. The largest absolute Gasteiger partial charge is 0.294 e. The molecule has 0 unspecified atom stereocenters. The summed E-state index contributed by atoms with van der Waals surface area (Å²) in [7, 11) is 0. The van der Waals surface area contributed by atoms with Gasteiger partial charge in [0.05, 0.1) is 0 Å². The number of aryl methyl sites for hydroxylation is 1. The normalized spacial score (nSPS) is 10.2. The number of thiophene rings is 1. The van der Waals surface area contributed by atoms with E-state index >= 15 is 0 Å². The molecule has 0 bridgehead atoms. The lowest BCUT2D eigenvalue weighted by Gasteiger charge is -1.96. The van der Waals surface area contributed by atoms with E-state index < -0.39 is 0 Å². The smallest absolute Gasteiger partial charge is 0.164 e. The Balaban J connectivity index is 2.59. The zero-order chi connectivity index (χ0) is 8.97. The lowest BCUT2D eigenvalue weighted by Crippen LogP contribution is -1.98. The van der Waals surface area contributed by atoms with Gasteiger partial charge in [-0.3, -0.25) is 4.79 Å². The van der Waals surface area contributed by atoms with Crippen molar-refractivity contribution in [3.63, 3.8) is 0 Å². The van der Waals surface area contributed by atoms with Crippen LogP contribution in [0.4, 0.5) is 0 Å². The number of alkyl halides is 1. The Hall–Kier alpha value is -0.340. The van der Waals surface area contributed by atoms with Gasteiger partial charge < -0.3 is 0 Å². The molecule has 0 saturated heterocycles. The van der Waals surface area contributed by atoms with E-state index in [1.54, 1.807) is 11.3 Å². The summed E-state index contributed by atoms with van der Waals surface area (Å²) >= 11 is 7.11. The standard InChI is InChI=1S/C9H11ClOS/c1-7-8(4-6-12-7)9(11)3-2-5-10/h4,6H,2-3,5H2,1H3. The van der Waals surface area contributed by atoms with Crippen molar-refractivity contribution in [1.82, 2.24) is 0 Å². The molecule has 1 aromatic rings. The number of hydrogen-bond donors (Lipinski definition) is 0. The minimum atomic E-state index is 0.217. The molecule has 1 rings (SSSR count). The van der Waals surface area contributed by atoms with E-state index in [-0.39, 0.29) is 5.78 Å². The Morgan fingerprint density at radius 2 is 2.42 bits per heavy atom. The number of ketones is 1. The monoisotopic (exact) mass is 202 g/mol. The molecule has 1 heterocycles. The molecule has 0 radical (unpaired) electrons. The molecule has 0 saturated carbocycles. The fourth-order valence-corrected chi connectivity index (χ4v) is 1.89. The molecule has 0 spiro atoms. The van der Waals surface area contributed by atoms with Gasteiger partial charge in [0.25, 0.3) is 0 Å². The van der Waals surface area contributed by atoms with Crippen LogP contribution in [-0.4, -0.2) is 11.7 Å². The van der Waals surface area contributed by atoms with Gasteiger partial charge in [-0.15, -0.1) is 22.9 Å². The van der Waals surface area contributed by atoms with Crippen LogP contribution in [0.1, 0.15) is 28.1 Å². The third kappa shape index (κ3) is 2.32. The van der Waals surface area contributed by atoms with Crippen molar-refractivity contribution in [2.75, 3.05) is 5.88 Å². The quantitative estimate of drug-likeness (QED) is 0.541. The lowest BCUT2D eigenvalue weighted by molar-refractivity contribution is 0.0982.